The average Bonchev–Trinajstić information content (AvgIpc) is 2.55. The van der Waals surface area contributed by atoms with Gasteiger partial charge in [0, 0.05) is 19.7 Å². The minimum Gasteiger partial charge on any atom is -0.478 e. The van der Waals surface area contributed by atoms with Gasteiger partial charge < -0.3 is 9.67 Å². The van der Waals surface area contributed by atoms with Crippen molar-refractivity contribution in [2.45, 2.75) is 13.3 Å². The number of hydrogen-bond acceptors (Lipinski definition) is 3. The predicted molar refractivity (Wildman–Crippen MR) is 54.8 cm³/mol. The van der Waals surface area contributed by atoms with Crippen molar-refractivity contribution >= 4 is 17.0 Å². The topological polar surface area (TPSA) is 68.0 Å². The van der Waals surface area contributed by atoms with Gasteiger partial charge in [-0.3, -0.25) is 4.98 Å². The molecule has 2 rings (SSSR count). The van der Waals surface area contributed by atoms with Gasteiger partial charge in [-0.2, -0.15) is 0 Å². The molecular weight excluding hydrogens is 194 g/mol. The molecule has 0 aromatic carbocycles. The van der Waals surface area contributed by atoms with Crippen molar-refractivity contribution in [2.75, 3.05) is 0 Å². The van der Waals surface area contributed by atoms with Gasteiger partial charge in [0.15, 0.2) is 0 Å². The van der Waals surface area contributed by atoms with Crippen molar-refractivity contribution in [3.8, 4) is 0 Å². The number of aryl methyl sites for hydroxylation is 2. The van der Waals surface area contributed by atoms with Crippen LogP contribution in [0.4, 0.5) is 0 Å². The fraction of sp³-hybridized carbons (Fsp3) is 0.300. The first kappa shape index (κ1) is 9.64. The van der Waals surface area contributed by atoms with Crippen molar-refractivity contribution in [1.29, 1.82) is 0 Å². The molecule has 0 bridgehead atoms. The number of carboxylic acid groups (broad SMARTS) is 1. The van der Waals surface area contributed by atoms with E-state index in [1.807, 2.05) is 14.0 Å². The van der Waals surface area contributed by atoms with Gasteiger partial charge in [0.05, 0.1) is 11.7 Å². The van der Waals surface area contributed by atoms with Crippen LogP contribution in [-0.2, 0) is 13.5 Å². The van der Waals surface area contributed by atoms with Crippen LogP contribution in [0.2, 0.25) is 0 Å². The van der Waals surface area contributed by atoms with Crippen molar-refractivity contribution in [1.82, 2.24) is 14.5 Å². The molecule has 5 heteroatoms. The van der Waals surface area contributed by atoms with Crippen LogP contribution in [-0.4, -0.2) is 25.6 Å². The van der Waals surface area contributed by atoms with Gasteiger partial charge in [-0.15, -0.1) is 0 Å². The Hall–Kier alpha value is -1.91. The summed E-state index contributed by atoms with van der Waals surface area (Å²) in [5, 5.41) is 9.01. The van der Waals surface area contributed by atoms with Gasteiger partial charge in [0.2, 0.25) is 0 Å². The predicted octanol–water partition coefficient (Wildman–Crippen LogP) is 1.23. The van der Waals surface area contributed by atoms with Crippen LogP contribution >= 0.6 is 0 Å². The van der Waals surface area contributed by atoms with Crippen LogP contribution in [0.15, 0.2) is 12.4 Å². The third-order valence-corrected chi connectivity index (χ3v) is 2.42. The number of hydrogen-bond donors (Lipinski definition) is 1. The molecule has 0 radical (unpaired) electrons. The lowest BCUT2D eigenvalue weighted by Gasteiger charge is -2.01. The van der Waals surface area contributed by atoms with E-state index >= 15 is 0 Å². The highest BCUT2D eigenvalue weighted by molar-refractivity contribution is 6.00. The van der Waals surface area contributed by atoms with Gasteiger partial charge in [-0.1, -0.05) is 6.92 Å². The first-order chi connectivity index (χ1) is 7.15. The normalized spacial score (nSPS) is 10.8. The average molecular weight is 205 g/mol. The van der Waals surface area contributed by atoms with E-state index in [0.29, 0.717) is 11.0 Å². The van der Waals surface area contributed by atoms with Crippen LogP contribution < -0.4 is 0 Å². The van der Waals surface area contributed by atoms with Crippen LogP contribution in [0.5, 0.6) is 0 Å². The minimum atomic E-state index is -0.973. The molecule has 1 N–H and O–H groups in total. The van der Waals surface area contributed by atoms with E-state index in [9.17, 15) is 4.79 Å². The Bertz CT molecular complexity index is 531. The molecule has 0 aliphatic rings. The largest absolute Gasteiger partial charge is 0.478 e. The minimum absolute atomic E-state index is 0.196. The summed E-state index contributed by atoms with van der Waals surface area (Å²) < 4.78 is 1.81. The van der Waals surface area contributed by atoms with E-state index in [-0.39, 0.29) is 5.56 Å². The van der Waals surface area contributed by atoms with Crippen molar-refractivity contribution in [3.05, 3.63) is 23.8 Å². The smallest absolute Gasteiger partial charge is 0.339 e. The fourth-order valence-electron chi connectivity index (χ4n) is 1.69. The molecule has 2 aromatic rings. The molecule has 0 aliphatic carbocycles. The third-order valence-electron chi connectivity index (χ3n) is 2.42. The maximum absolute atomic E-state index is 11.0. The van der Waals surface area contributed by atoms with Gasteiger partial charge in [-0.25, -0.2) is 9.78 Å². The van der Waals surface area contributed by atoms with E-state index in [1.54, 1.807) is 10.8 Å². The lowest BCUT2D eigenvalue weighted by Crippen LogP contribution is -2.02. The lowest BCUT2D eigenvalue weighted by molar-refractivity contribution is 0.0698. The molecule has 0 fully saturated rings. The molecule has 0 aliphatic heterocycles. The summed E-state index contributed by atoms with van der Waals surface area (Å²) in [5.41, 5.74) is 1.46. The Balaban J connectivity index is 2.84. The summed E-state index contributed by atoms with van der Waals surface area (Å²) in [7, 11) is 1.82. The van der Waals surface area contributed by atoms with Gasteiger partial charge in [-0.05, 0) is 0 Å². The highest BCUT2D eigenvalue weighted by Gasteiger charge is 2.15. The summed E-state index contributed by atoms with van der Waals surface area (Å²) in [5.74, 6) is -0.112. The quantitative estimate of drug-likeness (QED) is 0.800. The molecule has 78 valence electrons. The monoisotopic (exact) mass is 205 g/mol. The second kappa shape index (κ2) is 3.34. The Labute approximate surface area is 86.4 Å². The Morgan fingerprint density at radius 1 is 1.53 bits per heavy atom. The maximum atomic E-state index is 11.0. The highest BCUT2D eigenvalue weighted by Crippen LogP contribution is 2.18. The Kier molecular flexibility index (Phi) is 2.15. The molecule has 5 nitrogen and oxygen atoms in total. The zero-order valence-electron chi connectivity index (χ0n) is 8.56. The Morgan fingerprint density at radius 2 is 2.27 bits per heavy atom. The van der Waals surface area contributed by atoms with Crippen molar-refractivity contribution in [2.24, 2.45) is 7.05 Å². The number of rotatable bonds is 2. The molecular formula is C10H11N3O2. The molecule has 0 atom stereocenters. The summed E-state index contributed by atoms with van der Waals surface area (Å²) in [6.45, 7) is 1.98. The third kappa shape index (κ3) is 1.36. The zero-order valence-corrected chi connectivity index (χ0v) is 8.56. The van der Waals surface area contributed by atoms with Crippen molar-refractivity contribution < 1.29 is 9.90 Å². The first-order valence-electron chi connectivity index (χ1n) is 4.67. The van der Waals surface area contributed by atoms with Crippen LogP contribution in [0.3, 0.4) is 0 Å². The number of nitrogens with zero attached hydrogens (tertiary/aromatic N) is 3. The lowest BCUT2D eigenvalue weighted by atomic mass is 10.2. The number of pyridine rings is 1. The molecule has 2 aromatic heterocycles. The SMILES string of the molecule is CCc1nc2cncc(C(=O)O)c2n1C. The molecule has 0 spiro atoms. The summed E-state index contributed by atoms with van der Waals surface area (Å²) in [6, 6.07) is 0. The fourth-order valence-corrected chi connectivity index (χ4v) is 1.69. The molecule has 15 heavy (non-hydrogen) atoms. The highest BCUT2D eigenvalue weighted by atomic mass is 16.4. The van der Waals surface area contributed by atoms with E-state index in [0.717, 1.165) is 12.2 Å². The second-order valence-corrected chi connectivity index (χ2v) is 3.30. The maximum Gasteiger partial charge on any atom is 0.339 e. The second-order valence-electron chi connectivity index (χ2n) is 3.30. The van der Waals surface area contributed by atoms with Gasteiger partial charge in [0.25, 0.3) is 0 Å². The molecule has 0 saturated heterocycles. The first-order valence-corrected chi connectivity index (χ1v) is 4.67. The van der Waals surface area contributed by atoms with E-state index < -0.39 is 5.97 Å². The number of imidazole rings is 1. The zero-order chi connectivity index (χ0) is 11.0. The van der Waals surface area contributed by atoms with Crippen molar-refractivity contribution in [3.63, 3.8) is 0 Å². The standard InChI is InChI=1S/C10H11N3O2/c1-3-8-12-7-5-11-4-6(10(14)15)9(7)13(8)2/h4-5H,3H2,1-2H3,(H,14,15). The van der Waals surface area contributed by atoms with Crippen LogP contribution in [0, 0.1) is 0 Å². The Morgan fingerprint density at radius 3 is 2.87 bits per heavy atom. The van der Waals surface area contributed by atoms with Crippen LogP contribution in [0.25, 0.3) is 11.0 Å². The van der Waals surface area contributed by atoms with E-state index in [2.05, 4.69) is 9.97 Å². The summed E-state index contributed by atoms with van der Waals surface area (Å²) in [4.78, 5) is 19.2. The number of aromatic carboxylic acids is 1. The summed E-state index contributed by atoms with van der Waals surface area (Å²) in [6.07, 6.45) is 3.71. The molecule has 2 heterocycles. The van der Waals surface area contributed by atoms with Gasteiger partial charge >= 0.3 is 5.97 Å². The number of aromatic nitrogens is 3. The number of fused-ring (bicyclic) bond motifs is 1. The summed E-state index contributed by atoms with van der Waals surface area (Å²) >= 11 is 0. The molecule has 0 saturated carbocycles. The molecule has 0 amide bonds. The number of carbonyl (C=O) groups is 1. The van der Waals surface area contributed by atoms with Crippen LogP contribution in [0.1, 0.15) is 23.1 Å². The molecule has 0 unspecified atom stereocenters. The number of carboxylic acids is 1. The van der Waals surface area contributed by atoms with E-state index in [1.165, 1.54) is 6.20 Å². The van der Waals surface area contributed by atoms with E-state index in [4.69, 9.17) is 5.11 Å². The van der Waals surface area contributed by atoms with Gasteiger partial charge in [0.1, 0.15) is 16.9 Å².